The molecule has 0 aliphatic rings. The molecular weight excluding hydrogens is 351 g/mol. The number of hydrogen-bond donors (Lipinski definition) is 2. The number of carbonyl (C=O) groups is 3. The van der Waals surface area contributed by atoms with Crippen molar-refractivity contribution in [3.8, 4) is 0 Å². The first-order chi connectivity index (χ1) is 11.5. The van der Waals surface area contributed by atoms with Crippen molar-refractivity contribution in [2.75, 3.05) is 13.2 Å². The van der Waals surface area contributed by atoms with Crippen LogP contribution in [0.5, 0.6) is 0 Å². The van der Waals surface area contributed by atoms with E-state index in [0.29, 0.717) is 5.56 Å². The second kappa shape index (κ2) is 8.08. The van der Waals surface area contributed by atoms with Crippen LogP contribution in [-0.4, -0.2) is 42.2 Å². The zero-order valence-electron chi connectivity index (χ0n) is 12.7. The Bertz CT molecular complexity index is 705. The summed E-state index contributed by atoms with van der Waals surface area (Å²) >= 11 is 0. The molecule has 9 nitrogen and oxygen atoms in total. The molecule has 0 spiro atoms. The van der Waals surface area contributed by atoms with Gasteiger partial charge in [-0.3, -0.25) is 20.2 Å². The van der Waals surface area contributed by atoms with E-state index >= 15 is 0 Å². The number of amides is 3. The second-order valence-corrected chi connectivity index (χ2v) is 4.68. The Kier molecular flexibility index (Phi) is 6.42. The van der Waals surface area contributed by atoms with Gasteiger partial charge in [-0.05, 0) is 13.0 Å². The highest BCUT2D eigenvalue weighted by Crippen LogP contribution is 2.19. The number of alkyl halides is 3. The summed E-state index contributed by atoms with van der Waals surface area (Å²) in [5.41, 5.74) is -0.224. The Labute approximate surface area is 138 Å². The Morgan fingerprint density at radius 2 is 1.92 bits per heavy atom. The van der Waals surface area contributed by atoms with E-state index in [1.165, 1.54) is 29.7 Å². The predicted octanol–water partition coefficient (Wildman–Crippen LogP) is 1.45. The van der Waals surface area contributed by atoms with Crippen LogP contribution in [0.3, 0.4) is 0 Å². The number of nitro groups is 1. The van der Waals surface area contributed by atoms with Crippen molar-refractivity contribution < 1.29 is 37.2 Å². The highest BCUT2D eigenvalue weighted by Gasteiger charge is 2.28. The maximum absolute atomic E-state index is 11.9. The molecule has 2 N–H and O–H groups in total. The first kappa shape index (κ1) is 19.9. The number of aryl methyl sites for hydroxylation is 1. The molecule has 0 aliphatic carbocycles. The summed E-state index contributed by atoms with van der Waals surface area (Å²) in [5, 5.41) is 13.7. The standard InChI is InChI=1S/C13H12F3N3O6/c1-7-2-3-8(4-9(7)19(23)24)11(21)25-5-10(20)18-12(22)17-6-13(14,15)16/h2-4H,5-6H2,1H3,(H2,17,18,20,22). The molecule has 1 rings (SSSR count). The molecule has 0 saturated heterocycles. The second-order valence-electron chi connectivity index (χ2n) is 4.68. The topological polar surface area (TPSA) is 128 Å². The molecule has 0 saturated carbocycles. The lowest BCUT2D eigenvalue weighted by atomic mass is 10.1. The summed E-state index contributed by atoms with van der Waals surface area (Å²) < 4.78 is 40.1. The quantitative estimate of drug-likeness (QED) is 0.463. The van der Waals surface area contributed by atoms with Crippen molar-refractivity contribution in [1.29, 1.82) is 0 Å². The number of ether oxygens (including phenoxy) is 1. The Balaban J connectivity index is 2.53. The smallest absolute Gasteiger partial charge is 0.405 e. The molecule has 0 radical (unpaired) electrons. The number of nitrogens with zero attached hydrogens (tertiary/aromatic N) is 1. The fourth-order valence-electron chi connectivity index (χ4n) is 1.53. The Hall–Kier alpha value is -3.18. The summed E-state index contributed by atoms with van der Waals surface area (Å²) in [7, 11) is 0. The first-order valence-electron chi connectivity index (χ1n) is 6.56. The van der Waals surface area contributed by atoms with Crippen molar-refractivity contribution in [3.05, 3.63) is 39.4 Å². The van der Waals surface area contributed by atoms with Crippen LogP contribution in [-0.2, 0) is 9.53 Å². The third kappa shape index (κ3) is 6.85. The average molecular weight is 363 g/mol. The van der Waals surface area contributed by atoms with Crippen LogP contribution in [0.25, 0.3) is 0 Å². The van der Waals surface area contributed by atoms with E-state index in [0.717, 1.165) is 6.07 Å². The molecule has 0 aromatic heterocycles. The van der Waals surface area contributed by atoms with Crippen LogP contribution in [0.1, 0.15) is 15.9 Å². The van der Waals surface area contributed by atoms with Crippen LogP contribution in [0.4, 0.5) is 23.7 Å². The number of benzene rings is 1. The van der Waals surface area contributed by atoms with E-state index in [-0.39, 0.29) is 11.3 Å². The molecule has 3 amide bonds. The predicted molar refractivity (Wildman–Crippen MR) is 75.7 cm³/mol. The zero-order chi connectivity index (χ0) is 19.2. The average Bonchev–Trinajstić information content (AvgIpc) is 2.50. The van der Waals surface area contributed by atoms with Gasteiger partial charge in [0, 0.05) is 11.6 Å². The van der Waals surface area contributed by atoms with Crippen LogP contribution in [0, 0.1) is 17.0 Å². The van der Waals surface area contributed by atoms with Crippen molar-refractivity contribution in [2.45, 2.75) is 13.1 Å². The normalized spacial score (nSPS) is 10.7. The van der Waals surface area contributed by atoms with Gasteiger partial charge >= 0.3 is 18.2 Å². The number of hydrogen-bond acceptors (Lipinski definition) is 6. The van der Waals surface area contributed by atoms with E-state index in [4.69, 9.17) is 0 Å². The van der Waals surface area contributed by atoms with Crippen molar-refractivity contribution in [2.24, 2.45) is 0 Å². The van der Waals surface area contributed by atoms with Gasteiger partial charge in [-0.1, -0.05) is 6.07 Å². The fourth-order valence-corrected chi connectivity index (χ4v) is 1.53. The number of imide groups is 1. The van der Waals surface area contributed by atoms with Crippen molar-refractivity contribution >= 4 is 23.6 Å². The largest absolute Gasteiger partial charge is 0.452 e. The van der Waals surface area contributed by atoms with Gasteiger partial charge in [-0.2, -0.15) is 13.2 Å². The Morgan fingerprint density at radius 1 is 1.28 bits per heavy atom. The number of nitro benzene ring substituents is 1. The maximum atomic E-state index is 11.9. The van der Waals surface area contributed by atoms with Gasteiger partial charge in [-0.25, -0.2) is 9.59 Å². The SMILES string of the molecule is Cc1ccc(C(=O)OCC(=O)NC(=O)NCC(F)(F)F)cc1[N+](=O)[O-]. The molecule has 0 heterocycles. The monoisotopic (exact) mass is 363 g/mol. The molecule has 136 valence electrons. The van der Waals surface area contributed by atoms with Crippen LogP contribution >= 0.6 is 0 Å². The highest BCUT2D eigenvalue weighted by atomic mass is 19.4. The van der Waals surface area contributed by atoms with Crippen molar-refractivity contribution in [3.63, 3.8) is 0 Å². The number of nitrogens with one attached hydrogen (secondary N) is 2. The highest BCUT2D eigenvalue weighted by molar-refractivity contribution is 5.97. The molecule has 1 aromatic carbocycles. The third-order valence-electron chi connectivity index (χ3n) is 2.68. The molecule has 0 unspecified atom stereocenters. The number of esters is 1. The van der Waals surface area contributed by atoms with E-state index in [1.54, 1.807) is 0 Å². The van der Waals surface area contributed by atoms with E-state index < -0.39 is 42.2 Å². The summed E-state index contributed by atoms with van der Waals surface area (Å²) in [6, 6.07) is 2.08. The number of halogens is 3. The number of rotatable bonds is 5. The van der Waals surface area contributed by atoms with Gasteiger partial charge in [-0.15, -0.1) is 0 Å². The van der Waals surface area contributed by atoms with Gasteiger partial charge in [0.15, 0.2) is 6.61 Å². The molecule has 0 fully saturated rings. The van der Waals surface area contributed by atoms with Gasteiger partial charge < -0.3 is 10.1 Å². The lowest BCUT2D eigenvalue weighted by Gasteiger charge is -2.09. The van der Waals surface area contributed by atoms with E-state index in [2.05, 4.69) is 4.74 Å². The van der Waals surface area contributed by atoms with Crippen LogP contribution < -0.4 is 10.6 Å². The number of carbonyl (C=O) groups excluding carboxylic acids is 3. The lowest BCUT2D eigenvalue weighted by molar-refractivity contribution is -0.385. The Morgan fingerprint density at radius 3 is 2.48 bits per heavy atom. The van der Waals surface area contributed by atoms with Gasteiger partial charge in [0.05, 0.1) is 10.5 Å². The van der Waals surface area contributed by atoms with E-state index in [9.17, 15) is 37.7 Å². The molecule has 1 aromatic rings. The van der Waals surface area contributed by atoms with Gasteiger partial charge in [0.25, 0.3) is 11.6 Å². The maximum Gasteiger partial charge on any atom is 0.405 e. The summed E-state index contributed by atoms with van der Waals surface area (Å²) in [5.74, 6) is -2.25. The summed E-state index contributed by atoms with van der Waals surface area (Å²) in [4.78, 5) is 44.1. The number of urea groups is 1. The molecular formula is C13H12F3N3O6. The minimum Gasteiger partial charge on any atom is -0.452 e. The molecule has 0 atom stereocenters. The zero-order valence-corrected chi connectivity index (χ0v) is 12.7. The van der Waals surface area contributed by atoms with Crippen molar-refractivity contribution in [1.82, 2.24) is 10.6 Å². The van der Waals surface area contributed by atoms with Crippen LogP contribution in [0.15, 0.2) is 18.2 Å². The lowest BCUT2D eigenvalue weighted by Crippen LogP contribution is -2.44. The van der Waals surface area contributed by atoms with E-state index in [1.807, 2.05) is 0 Å². The van der Waals surface area contributed by atoms with Crippen LogP contribution in [0.2, 0.25) is 0 Å². The minimum absolute atomic E-state index is 0.202. The molecule has 12 heteroatoms. The van der Waals surface area contributed by atoms with Gasteiger partial charge in [0.2, 0.25) is 0 Å². The minimum atomic E-state index is -4.65. The first-order valence-corrected chi connectivity index (χ1v) is 6.56. The molecule has 0 bridgehead atoms. The third-order valence-corrected chi connectivity index (χ3v) is 2.68. The molecule has 0 aliphatic heterocycles. The summed E-state index contributed by atoms with van der Waals surface area (Å²) in [6.45, 7) is -1.14. The summed E-state index contributed by atoms with van der Waals surface area (Å²) in [6.07, 6.45) is -4.65. The molecule has 25 heavy (non-hydrogen) atoms. The fraction of sp³-hybridized carbons (Fsp3) is 0.308. The van der Waals surface area contributed by atoms with Gasteiger partial charge in [0.1, 0.15) is 6.54 Å².